The van der Waals surface area contributed by atoms with Gasteiger partial charge in [-0.1, -0.05) is 6.07 Å². The van der Waals surface area contributed by atoms with Crippen molar-refractivity contribution in [1.82, 2.24) is 10.2 Å². The molecule has 0 saturated heterocycles. The molecule has 1 amide bonds. The molecule has 23 heavy (non-hydrogen) atoms. The second-order valence-electron chi connectivity index (χ2n) is 6.24. The summed E-state index contributed by atoms with van der Waals surface area (Å²) >= 11 is 0. The van der Waals surface area contributed by atoms with Crippen LogP contribution in [0.1, 0.15) is 43.4 Å². The number of rotatable bonds is 6. The molecule has 0 unspecified atom stereocenters. The van der Waals surface area contributed by atoms with Crippen molar-refractivity contribution in [3.63, 3.8) is 0 Å². The Morgan fingerprint density at radius 2 is 2.17 bits per heavy atom. The van der Waals surface area contributed by atoms with E-state index in [0.29, 0.717) is 6.42 Å². The Hall–Kier alpha value is -1.69. The number of aryl methyl sites for hydroxylation is 1. The van der Waals surface area contributed by atoms with Gasteiger partial charge in [-0.3, -0.25) is 4.79 Å². The van der Waals surface area contributed by atoms with Gasteiger partial charge in [0.15, 0.2) is 0 Å². The highest BCUT2D eigenvalue weighted by Gasteiger charge is 2.23. The molecule has 0 radical (unpaired) electrons. The minimum absolute atomic E-state index is 0.0536. The maximum Gasteiger partial charge on any atom is 0.387 e. The average Bonchev–Trinajstić information content (AvgIpc) is 2.46. The zero-order chi connectivity index (χ0) is 17.0. The number of benzene rings is 1. The van der Waals surface area contributed by atoms with Crippen molar-refractivity contribution in [3.8, 4) is 5.75 Å². The summed E-state index contributed by atoms with van der Waals surface area (Å²) < 4.78 is 29.1. The van der Waals surface area contributed by atoms with E-state index in [9.17, 15) is 13.6 Å². The molecule has 1 aliphatic carbocycles. The van der Waals surface area contributed by atoms with Gasteiger partial charge in [-0.05, 0) is 49.4 Å². The molecule has 1 aliphatic rings. The Bertz CT molecular complexity index is 549. The number of carbonyl (C=O) groups is 1. The van der Waals surface area contributed by atoms with Crippen LogP contribution in [0.2, 0.25) is 0 Å². The Balaban J connectivity index is 2.05. The molecule has 6 heteroatoms. The first-order valence-electron chi connectivity index (χ1n) is 7.90. The summed E-state index contributed by atoms with van der Waals surface area (Å²) in [5.74, 6) is 0.289. The van der Waals surface area contributed by atoms with Gasteiger partial charge in [-0.2, -0.15) is 8.78 Å². The highest BCUT2D eigenvalue weighted by molar-refractivity contribution is 5.76. The molecule has 0 heterocycles. The van der Waals surface area contributed by atoms with Crippen molar-refractivity contribution in [1.29, 1.82) is 0 Å². The lowest BCUT2D eigenvalue weighted by Gasteiger charge is -2.30. The molecule has 0 aliphatic heterocycles. The molecule has 0 saturated carbocycles. The Morgan fingerprint density at radius 3 is 2.83 bits per heavy atom. The van der Waals surface area contributed by atoms with Crippen LogP contribution in [0.3, 0.4) is 0 Å². The number of halogens is 2. The molecule has 1 aromatic carbocycles. The predicted octanol–water partition coefficient (Wildman–Crippen LogP) is 3.12. The van der Waals surface area contributed by atoms with Gasteiger partial charge >= 0.3 is 6.61 Å². The summed E-state index contributed by atoms with van der Waals surface area (Å²) in [6.07, 6.45) is 3.25. The molecule has 0 aromatic heterocycles. The maximum atomic E-state index is 12.3. The number of ether oxygens (including phenoxy) is 1. The van der Waals surface area contributed by atoms with Crippen molar-refractivity contribution in [2.75, 3.05) is 14.1 Å². The molecule has 0 bridgehead atoms. The topological polar surface area (TPSA) is 41.6 Å². The van der Waals surface area contributed by atoms with Gasteiger partial charge in [0, 0.05) is 32.6 Å². The number of nitrogens with one attached hydrogen (secondary N) is 1. The summed E-state index contributed by atoms with van der Waals surface area (Å²) in [6.45, 7) is -0.813. The van der Waals surface area contributed by atoms with Crippen molar-refractivity contribution >= 4 is 5.91 Å². The predicted molar refractivity (Wildman–Crippen MR) is 84.7 cm³/mol. The van der Waals surface area contributed by atoms with E-state index in [-0.39, 0.29) is 23.7 Å². The molecule has 2 rings (SSSR count). The van der Waals surface area contributed by atoms with Crippen LogP contribution in [0.15, 0.2) is 18.2 Å². The number of carbonyl (C=O) groups excluding carboxylic acids is 1. The smallest absolute Gasteiger partial charge is 0.387 e. The molecule has 0 fully saturated rings. The standard InChI is InChI=1S/C17H24F2N2O2/c1-11(9-16(22)21(2)3)20-15-6-4-5-12-10-13(23-17(18)19)7-8-14(12)15/h7-8,10-11,15,17,20H,4-6,9H2,1-3H3/t11-,15+/m0/s1. The zero-order valence-electron chi connectivity index (χ0n) is 13.8. The van der Waals surface area contributed by atoms with E-state index >= 15 is 0 Å². The third kappa shape index (κ3) is 4.89. The molecule has 4 nitrogen and oxygen atoms in total. The second-order valence-corrected chi connectivity index (χ2v) is 6.24. The summed E-state index contributed by atoms with van der Waals surface area (Å²) in [5, 5.41) is 3.48. The molecular formula is C17H24F2N2O2. The monoisotopic (exact) mass is 326 g/mol. The highest BCUT2D eigenvalue weighted by Crippen LogP contribution is 2.33. The fraction of sp³-hybridized carbons (Fsp3) is 0.588. The zero-order valence-corrected chi connectivity index (χ0v) is 13.8. The van der Waals surface area contributed by atoms with E-state index in [2.05, 4.69) is 10.1 Å². The van der Waals surface area contributed by atoms with Crippen LogP contribution in [0, 0.1) is 0 Å². The summed E-state index contributed by atoms with van der Waals surface area (Å²) in [6, 6.07) is 5.33. The van der Waals surface area contributed by atoms with E-state index in [4.69, 9.17) is 0 Å². The van der Waals surface area contributed by atoms with E-state index in [1.807, 2.05) is 13.0 Å². The molecule has 2 atom stereocenters. The van der Waals surface area contributed by atoms with E-state index in [0.717, 1.165) is 30.4 Å². The number of hydrogen-bond acceptors (Lipinski definition) is 3. The van der Waals surface area contributed by atoms with E-state index in [1.54, 1.807) is 31.1 Å². The first-order chi connectivity index (χ1) is 10.9. The largest absolute Gasteiger partial charge is 0.435 e. The highest BCUT2D eigenvalue weighted by atomic mass is 19.3. The van der Waals surface area contributed by atoms with Crippen LogP contribution in [0.4, 0.5) is 8.78 Å². The lowest BCUT2D eigenvalue weighted by molar-refractivity contribution is -0.129. The lowest BCUT2D eigenvalue weighted by Crippen LogP contribution is -2.36. The third-order valence-electron chi connectivity index (χ3n) is 4.12. The normalized spacial score (nSPS) is 18.4. The Labute approximate surface area is 135 Å². The Kier molecular flexibility index (Phi) is 5.93. The summed E-state index contributed by atoms with van der Waals surface area (Å²) in [4.78, 5) is 13.4. The lowest BCUT2D eigenvalue weighted by atomic mass is 9.87. The number of nitrogens with zero attached hydrogens (tertiary/aromatic N) is 1. The number of fused-ring (bicyclic) bond motifs is 1. The van der Waals surface area contributed by atoms with Crippen LogP contribution in [0.25, 0.3) is 0 Å². The number of alkyl halides is 2. The second kappa shape index (κ2) is 7.73. The SMILES string of the molecule is C[C@@H](CC(=O)N(C)C)N[C@@H]1CCCc2cc(OC(F)F)ccc21. The van der Waals surface area contributed by atoms with Crippen molar-refractivity contribution in [2.45, 2.75) is 51.3 Å². The summed E-state index contributed by atoms with van der Waals surface area (Å²) in [5.41, 5.74) is 2.15. The fourth-order valence-corrected chi connectivity index (χ4v) is 2.99. The minimum atomic E-state index is -2.80. The number of hydrogen-bond donors (Lipinski definition) is 1. The molecular weight excluding hydrogens is 302 g/mol. The average molecular weight is 326 g/mol. The van der Waals surface area contributed by atoms with Crippen LogP contribution >= 0.6 is 0 Å². The first kappa shape index (κ1) is 17.7. The first-order valence-corrected chi connectivity index (χ1v) is 7.90. The van der Waals surface area contributed by atoms with Crippen LogP contribution in [-0.2, 0) is 11.2 Å². The van der Waals surface area contributed by atoms with Crippen LogP contribution in [-0.4, -0.2) is 37.6 Å². The van der Waals surface area contributed by atoms with Gasteiger partial charge in [0.1, 0.15) is 5.75 Å². The Morgan fingerprint density at radius 1 is 1.43 bits per heavy atom. The molecule has 0 spiro atoms. The molecule has 128 valence electrons. The van der Waals surface area contributed by atoms with Gasteiger partial charge in [-0.15, -0.1) is 0 Å². The van der Waals surface area contributed by atoms with E-state index in [1.165, 1.54) is 0 Å². The maximum absolute atomic E-state index is 12.3. The number of amides is 1. The van der Waals surface area contributed by atoms with Gasteiger partial charge in [0.25, 0.3) is 0 Å². The van der Waals surface area contributed by atoms with Gasteiger partial charge in [-0.25, -0.2) is 0 Å². The summed E-state index contributed by atoms with van der Waals surface area (Å²) in [7, 11) is 3.49. The van der Waals surface area contributed by atoms with Crippen molar-refractivity contribution in [2.24, 2.45) is 0 Å². The van der Waals surface area contributed by atoms with Crippen LogP contribution in [0.5, 0.6) is 5.75 Å². The fourth-order valence-electron chi connectivity index (χ4n) is 2.99. The molecule has 1 aromatic rings. The third-order valence-corrected chi connectivity index (χ3v) is 4.12. The van der Waals surface area contributed by atoms with Gasteiger partial charge < -0.3 is 15.0 Å². The quantitative estimate of drug-likeness (QED) is 0.873. The van der Waals surface area contributed by atoms with Crippen LogP contribution < -0.4 is 10.1 Å². The minimum Gasteiger partial charge on any atom is -0.435 e. The van der Waals surface area contributed by atoms with E-state index < -0.39 is 6.61 Å². The molecule has 1 N–H and O–H groups in total. The van der Waals surface area contributed by atoms with Gasteiger partial charge in [0.2, 0.25) is 5.91 Å². The van der Waals surface area contributed by atoms with Gasteiger partial charge in [0.05, 0.1) is 0 Å². The van der Waals surface area contributed by atoms with Crippen molar-refractivity contribution < 1.29 is 18.3 Å². The van der Waals surface area contributed by atoms with Crippen molar-refractivity contribution in [3.05, 3.63) is 29.3 Å².